The van der Waals surface area contributed by atoms with Crippen LogP contribution in [0.4, 0.5) is 4.79 Å². The van der Waals surface area contributed by atoms with Crippen molar-refractivity contribution in [3.8, 4) is 22.5 Å². The van der Waals surface area contributed by atoms with Gasteiger partial charge in [-0.05, 0) is 40.3 Å². The zero-order chi connectivity index (χ0) is 24.2. The Labute approximate surface area is 206 Å². The second-order valence-electron chi connectivity index (χ2n) is 8.53. The van der Waals surface area contributed by atoms with Crippen molar-refractivity contribution < 1.29 is 14.3 Å². The smallest absolute Gasteiger partial charge is 0.407 e. The van der Waals surface area contributed by atoms with Gasteiger partial charge in [-0.1, -0.05) is 38.1 Å². The summed E-state index contributed by atoms with van der Waals surface area (Å²) >= 11 is 3.30. The van der Waals surface area contributed by atoms with Gasteiger partial charge in [0.15, 0.2) is 0 Å². The van der Waals surface area contributed by atoms with Gasteiger partial charge in [-0.25, -0.2) is 14.8 Å². The number of imidazole rings is 1. The van der Waals surface area contributed by atoms with E-state index in [2.05, 4.69) is 41.2 Å². The maximum absolute atomic E-state index is 13.3. The zero-order valence-corrected chi connectivity index (χ0v) is 20.9. The van der Waals surface area contributed by atoms with Crippen LogP contribution in [0.25, 0.3) is 22.5 Å². The lowest BCUT2D eigenvalue weighted by molar-refractivity contribution is -0.135. The lowest BCUT2D eigenvalue weighted by Crippen LogP contribution is -2.51. The topological polar surface area (TPSA) is 113 Å². The van der Waals surface area contributed by atoms with E-state index in [-0.39, 0.29) is 17.9 Å². The maximum atomic E-state index is 13.3. The minimum absolute atomic E-state index is 0.0751. The predicted molar refractivity (Wildman–Crippen MR) is 131 cm³/mol. The molecular weight excluding hydrogens is 500 g/mol. The predicted octanol–water partition coefficient (Wildman–Crippen LogP) is 4.34. The number of amides is 2. The molecule has 2 atom stereocenters. The molecule has 1 aliphatic heterocycles. The molecule has 3 aromatic rings. The standard InChI is InChI=1S/C24H27BrN6O3/c1-14(2)21(30-24(33)34-3)23(32)31-10-4-5-19(31)22-28-12-18(29-22)16-8-6-15(7-9-16)17-11-27-20(25)13-26-17/h6-9,11-14,19,21H,4-5,10H2,1-3H3,(H,28,29)(H,30,33)/t19-,21-/m0/s1. The van der Waals surface area contributed by atoms with Gasteiger partial charge in [0, 0.05) is 12.1 Å². The Hall–Kier alpha value is -3.27. The Morgan fingerprint density at radius 3 is 2.50 bits per heavy atom. The van der Waals surface area contributed by atoms with Crippen molar-refractivity contribution >= 4 is 27.9 Å². The number of carbonyl (C=O) groups is 2. The molecule has 10 heteroatoms. The van der Waals surface area contributed by atoms with Crippen LogP contribution in [-0.4, -0.2) is 56.5 Å². The molecule has 0 spiro atoms. The van der Waals surface area contributed by atoms with Gasteiger partial charge in [-0.3, -0.25) is 9.78 Å². The highest BCUT2D eigenvalue weighted by molar-refractivity contribution is 9.10. The van der Waals surface area contributed by atoms with E-state index in [1.807, 2.05) is 38.1 Å². The van der Waals surface area contributed by atoms with Crippen LogP contribution in [-0.2, 0) is 9.53 Å². The number of aromatic amines is 1. The second-order valence-corrected chi connectivity index (χ2v) is 9.34. The van der Waals surface area contributed by atoms with Crippen LogP contribution >= 0.6 is 15.9 Å². The summed E-state index contributed by atoms with van der Waals surface area (Å²) in [4.78, 5) is 43.4. The molecule has 0 radical (unpaired) electrons. The molecule has 1 saturated heterocycles. The number of H-pyrrole nitrogens is 1. The lowest BCUT2D eigenvalue weighted by Gasteiger charge is -2.30. The Morgan fingerprint density at radius 1 is 1.12 bits per heavy atom. The van der Waals surface area contributed by atoms with Crippen LogP contribution in [0.1, 0.15) is 38.6 Å². The number of likely N-dealkylation sites (tertiary alicyclic amines) is 1. The Balaban J connectivity index is 1.51. The molecule has 1 aromatic carbocycles. The van der Waals surface area contributed by atoms with E-state index in [4.69, 9.17) is 4.74 Å². The molecule has 4 rings (SSSR count). The van der Waals surface area contributed by atoms with E-state index in [0.29, 0.717) is 11.1 Å². The number of ether oxygens (including phenoxy) is 1. The van der Waals surface area contributed by atoms with Gasteiger partial charge in [0.25, 0.3) is 0 Å². The average Bonchev–Trinajstić information content (AvgIpc) is 3.52. The first-order valence-electron chi connectivity index (χ1n) is 11.2. The molecule has 0 bridgehead atoms. The number of methoxy groups -OCH3 is 1. The molecule has 1 aliphatic rings. The molecule has 1 fully saturated rings. The number of rotatable bonds is 6. The highest BCUT2D eigenvalue weighted by Gasteiger charge is 2.37. The number of benzene rings is 1. The minimum atomic E-state index is -0.656. The van der Waals surface area contributed by atoms with Crippen LogP contribution in [0.2, 0.25) is 0 Å². The molecule has 34 heavy (non-hydrogen) atoms. The zero-order valence-electron chi connectivity index (χ0n) is 19.3. The van der Waals surface area contributed by atoms with Gasteiger partial charge in [0.05, 0.1) is 43.1 Å². The summed E-state index contributed by atoms with van der Waals surface area (Å²) < 4.78 is 5.39. The van der Waals surface area contributed by atoms with Crippen molar-refractivity contribution in [3.05, 3.63) is 53.3 Å². The molecule has 2 N–H and O–H groups in total. The highest BCUT2D eigenvalue weighted by atomic mass is 79.9. The summed E-state index contributed by atoms with van der Waals surface area (Å²) in [6.45, 7) is 4.42. The van der Waals surface area contributed by atoms with Crippen molar-refractivity contribution in [1.29, 1.82) is 0 Å². The van der Waals surface area contributed by atoms with E-state index in [1.165, 1.54) is 7.11 Å². The molecule has 2 amide bonds. The third kappa shape index (κ3) is 5.11. The van der Waals surface area contributed by atoms with Gasteiger partial charge in [-0.2, -0.15) is 0 Å². The number of carbonyl (C=O) groups excluding carboxylic acids is 2. The number of nitrogens with zero attached hydrogens (tertiary/aromatic N) is 4. The number of nitrogens with one attached hydrogen (secondary N) is 2. The summed E-state index contributed by atoms with van der Waals surface area (Å²) in [5.41, 5.74) is 3.61. The molecule has 0 unspecified atom stereocenters. The van der Waals surface area contributed by atoms with Gasteiger partial charge < -0.3 is 19.9 Å². The Morgan fingerprint density at radius 2 is 1.85 bits per heavy atom. The van der Waals surface area contributed by atoms with E-state index >= 15 is 0 Å². The van der Waals surface area contributed by atoms with Crippen molar-refractivity contribution in [1.82, 2.24) is 30.2 Å². The van der Waals surface area contributed by atoms with Crippen molar-refractivity contribution in [3.63, 3.8) is 0 Å². The van der Waals surface area contributed by atoms with Crippen molar-refractivity contribution in [2.45, 2.75) is 38.8 Å². The first-order valence-corrected chi connectivity index (χ1v) is 11.9. The normalized spacial score (nSPS) is 16.5. The molecular formula is C24H27BrN6O3. The molecule has 3 heterocycles. The van der Waals surface area contributed by atoms with Gasteiger partial charge >= 0.3 is 6.09 Å². The summed E-state index contributed by atoms with van der Waals surface area (Å²) in [6.07, 6.45) is 6.25. The first-order chi connectivity index (χ1) is 16.4. The average molecular weight is 527 g/mol. The van der Waals surface area contributed by atoms with Crippen LogP contribution in [0, 0.1) is 5.92 Å². The maximum Gasteiger partial charge on any atom is 0.407 e. The minimum Gasteiger partial charge on any atom is -0.453 e. The largest absolute Gasteiger partial charge is 0.453 e. The fraction of sp³-hybridized carbons (Fsp3) is 0.375. The van der Waals surface area contributed by atoms with E-state index in [9.17, 15) is 9.59 Å². The molecule has 0 saturated carbocycles. The first kappa shape index (κ1) is 23.9. The fourth-order valence-electron chi connectivity index (χ4n) is 4.13. The van der Waals surface area contributed by atoms with Gasteiger partial charge in [-0.15, -0.1) is 0 Å². The number of aromatic nitrogens is 4. The Bertz CT molecular complexity index is 1150. The summed E-state index contributed by atoms with van der Waals surface area (Å²) in [7, 11) is 1.29. The van der Waals surface area contributed by atoms with Crippen molar-refractivity contribution in [2.75, 3.05) is 13.7 Å². The van der Waals surface area contributed by atoms with Gasteiger partial charge in [0.1, 0.15) is 16.5 Å². The number of halogens is 1. The molecule has 0 aliphatic carbocycles. The van der Waals surface area contributed by atoms with E-state index in [0.717, 1.165) is 41.2 Å². The number of hydrogen-bond donors (Lipinski definition) is 2. The quantitative estimate of drug-likeness (QED) is 0.493. The summed E-state index contributed by atoms with van der Waals surface area (Å²) in [5, 5.41) is 2.67. The van der Waals surface area contributed by atoms with Crippen LogP contribution in [0.3, 0.4) is 0 Å². The van der Waals surface area contributed by atoms with E-state index < -0.39 is 12.1 Å². The number of alkyl carbamates (subject to hydrolysis) is 1. The van der Waals surface area contributed by atoms with E-state index in [1.54, 1.807) is 23.5 Å². The monoisotopic (exact) mass is 526 g/mol. The van der Waals surface area contributed by atoms with Crippen molar-refractivity contribution in [2.24, 2.45) is 5.92 Å². The number of hydrogen-bond acceptors (Lipinski definition) is 6. The summed E-state index contributed by atoms with van der Waals surface area (Å²) in [5.74, 6) is 0.541. The lowest BCUT2D eigenvalue weighted by atomic mass is 10.0. The molecule has 9 nitrogen and oxygen atoms in total. The van der Waals surface area contributed by atoms with Gasteiger partial charge in [0.2, 0.25) is 5.91 Å². The SMILES string of the molecule is COC(=O)N[C@H](C(=O)N1CCC[C@H]1c1ncc(-c2ccc(-c3cnc(Br)cn3)cc2)[nH]1)C(C)C. The second kappa shape index (κ2) is 10.3. The van der Waals surface area contributed by atoms with Crippen LogP contribution in [0.5, 0.6) is 0 Å². The third-order valence-corrected chi connectivity index (χ3v) is 6.36. The summed E-state index contributed by atoms with van der Waals surface area (Å²) in [6, 6.07) is 7.16. The highest BCUT2D eigenvalue weighted by Crippen LogP contribution is 2.33. The third-order valence-electron chi connectivity index (χ3n) is 5.95. The Kier molecular flexibility index (Phi) is 7.26. The van der Waals surface area contributed by atoms with Crippen LogP contribution < -0.4 is 5.32 Å². The fourth-order valence-corrected chi connectivity index (χ4v) is 4.33. The molecule has 2 aromatic heterocycles. The van der Waals surface area contributed by atoms with Crippen LogP contribution in [0.15, 0.2) is 47.5 Å². The molecule has 178 valence electrons.